The molecule has 1 aliphatic carbocycles. The number of H-pyrrole nitrogens is 1. The lowest BCUT2D eigenvalue weighted by molar-refractivity contribution is 0.155. The Hall–Kier alpha value is -2.14. The van der Waals surface area contributed by atoms with Crippen LogP contribution in [0.1, 0.15) is 39.0 Å². The third kappa shape index (κ3) is 3.65. The van der Waals surface area contributed by atoms with Crippen LogP contribution < -0.4 is 10.3 Å². The van der Waals surface area contributed by atoms with Gasteiger partial charge in [-0.1, -0.05) is 13.3 Å². The first-order chi connectivity index (χ1) is 13.2. The van der Waals surface area contributed by atoms with E-state index < -0.39 is 0 Å². The molecule has 0 bridgehead atoms. The monoisotopic (exact) mass is 382 g/mol. The highest BCUT2D eigenvalue weighted by molar-refractivity contribution is 7.99. The van der Waals surface area contributed by atoms with Crippen LogP contribution in [0.3, 0.4) is 0 Å². The summed E-state index contributed by atoms with van der Waals surface area (Å²) in [6, 6.07) is 8.44. The fourth-order valence-electron chi connectivity index (χ4n) is 3.92. The number of fused-ring (bicyclic) bond motifs is 1. The second-order valence-corrected chi connectivity index (χ2v) is 8.53. The van der Waals surface area contributed by atoms with Crippen LogP contribution in [0.15, 0.2) is 46.3 Å². The third-order valence-electron chi connectivity index (χ3n) is 5.29. The minimum absolute atomic E-state index is 0.00686. The normalized spacial score (nSPS) is 15.3. The highest BCUT2D eigenvalue weighted by Crippen LogP contribution is 2.38. The van der Waals surface area contributed by atoms with Crippen molar-refractivity contribution in [2.45, 2.75) is 50.0 Å². The number of hydrogen-bond acceptors (Lipinski definition) is 3. The fraction of sp³-hybridized carbons (Fsp3) is 0.409. The number of benzene rings is 1. The summed E-state index contributed by atoms with van der Waals surface area (Å²) in [6.07, 6.45) is 10.1. The Balaban J connectivity index is 1.84. The number of aromatic nitrogens is 2. The molecule has 2 heterocycles. The molecule has 0 saturated heterocycles. The smallest absolute Gasteiger partial charge is 0.274 e. The van der Waals surface area contributed by atoms with Crippen LogP contribution in [0.4, 0.5) is 0 Å². The summed E-state index contributed by atoms with van der Waals surface area (Å²) in [6.45, 7) is 2.16. The average molecular weight is 383 g/mol. The number of nitrogens with zero attached hydrogens (tertiary/aromatic N) is 1. The van der Waals surface area contributed by atoms with Gasteiger partial charge in [0.2, 0.25) is 0 Å². The van der Waals surface area contributed by atoms with E-state index in [1.54, 1.807) is 11.6 Å². The van der Waals surface area contributed by atoms with Gasteiger partial charge >= 0.3 is 0 Å². The third-order valence-corrected chi connectivity index (χ3v) is 6.17. The number of ether oxygens (including phenoxy) is 1. The second-order valence-electron chi connectivity index (χ2n) is 7.19. The Labute approximate surface area is 163 Å². The molecule has 0 atom stereocenters. The minimum atomic E-state index is -0.00686. The Bertz CT molecular complexity index is 999. The van der Waals surface area contributed by atoms with E-state index in [-0.39, 0.29) is 11.7 Å². The zero-order valence-electron chi connectivity index (χ0n) is 16.0. The van der Waals surface area contributed by atoms with Crippen LogP contribution in [-0.2, 0) is 7.05 Å². The van der Waals surface area contributed by atoms with Crippen molar-refractivity contribution in [1.29, 1.82) is 0 Å². The Morgan fingerprint density at radius 1 is 1.19 bits per heavy atom. The van der Waals surface area contributed by atoms with Gasteiger partial charge in [0.15, 0.2) is 0 Å². The number of rotatable bonds is 5. The topological polar surface area (TPSA) is 47.0 Å². The van der Waals surface area contributed by atoms with Crippen LogP contribution in [-0.4, -0.2) is 21.4 Å². The molecule has 3 aromatic rings. The van der Waals surface area contributed by atoms with Gasteiger partial charge in [-0.25, -0.2) is 0 Å². The van der Waals surface area contributed by atoms with Gasteiger partial charge in [0.05, 0.1) is 6.10 Å². The quantitative estimate of drug-likeness (QED) is 0.605. The van der Waals surface area contributed by atoms with Crippen molar-refractivity contribution >= 4 is 22.7 Å². The van der Waals surface area contributed by atoms with Crippen LogP contribution in [0.5, 0.6) is 5.75 Å². The molecule has 4 rings (SSSR count). The second kappa shape index (κ2) is 7.85. The van der Waals surface area contributed by atoms with Crippen molar-refractivity contribution in [1.82, 2.24) is 9.55 Å². The van der Waals surface area contributed by atoms with E-state index in [1.807, 2.05) is 30.2 Å². The van der Waals surface area contributed by atoms with Gasteiger partial charge in [-0.05, 0) is 55.7 Å². The molecule has 0 radical (unpaired) electrons. The highest BCUT2D eigenvalue weighted by atomic mass is 32.2. The van der Waals surface area contributed by atoms with Gasteiger partial charge in [0.1, 0.15) is 11.3 Å². The van der Waals surface area contributed by atoms with Gasteiger partial charge < -0.3 is 14.3 Å². The van der Waals surface area contributed by atoms with Crippen molar-refractivity contribution in [2.75, 3.05) is 5.75 Å². The lowest BCUT2D eigenvalue weighted by atomic mass is 9.97. The summed E-state index contributed by atoms with van der Waals surface area (Å²) in [5, 5.41) is 0.949. The molecule has 27 heavy (non-hydrogen) atoms. The van der Waals surface area contributed by atoms with Gasteiger partial charge in [-0.3, -0.25) is 4.79 Å². The molecule has 0 spiro atoms. The first-order valence-electron chi connectivity index (χ1n) is 9.78. The maximum Gasteiger partial charge on any atom is 0.274 e. The number of aromatic amines is 1. The van der Waals surface area contributed by atoms with Crippen LogP contribution in [0.2, 0.25) is 0 Å². The molecule has 1 fully saturated rings. The molecular weight excluding hydrogens is 356 g/mol. The number of pyridine rings is 1. The molecule has 0 unspecified atom stereocenters. The van der Waals surface area contributed by atoms with Crippen LogP contribution in [0, 0.1) is 0 Å². The van der Waals surface area contributed by atoms with E-state index in [0.717, 1.165) is 40.9 Å². The van der Waals surface area contributed by atoms with E-state index in [9.17, 15) is 4.79 Å². The van der Waals surface area contributed by atoms with E-state index in [2.05, 4.69) is 30.1 Å². The molecule has 1 N–H and O–H groups in total. The standard InChI is InChI=1S/C22H26N2O2S/c1-3-27-16-9-10-20(26-15-7-5-4-6-8-15)18(13-16)19-14-24(2)22(25)21-17(19)11-12-23-21/h9-15,23H,3-8H2,1-2H3. The predicted octanol–water partition coefficient (Wildman–Crippen LogP) is 5.36. The van der Waals surface area contributed by atoms with Gasteiger partial charge in [0.25, 0.3) is 5.56 Å². The van der Waals surface area contributed by atoms with E-state index in [4.69, 9.17) is 4.74 Å². The summed E-state index contributed by atoms with van der Waals surface area (Å²) in [5.41, 5.74) is 2.75. The van der Waals surface area contributed by atoms with E-state index >= 15 is 0 Å². The Morgan fingerprint density at radius 3 is 2.78 bits per heavy atom. The summed E-state index contributed by atoms with van der Waals surface area (Å²) >= 11 is 1.82. The molecular formula is C22H26N2O2S. The van der Waals surface area contributed by atoms with Gasteiger partial charge in [-0.2, -0.15) is 0 Å². The fourth-order valence-corrected chi connectivity index (χ4v) is 4.62. The molecule has 0 amide bonds. The highest BCUT2D eigenvalue weighted by Gasteiger charge is 2.19. The zero-order valence-corrected chi connectivity index (χ0v) is 16.8. The summed E-state index contributed by atoms with van der Waals surface area (Å²) in [7, 11) is 1.80. The lowest BCUT2D eigenvalue weighted by Crippen LogP contribution is -2.20. The minimum Gasteiger partial charge on any atom is -0.490 e. The largest absolute Gasteiger partial charge is 0.490 e. The van der Waals surface area contributed by atoms with Crippen LogP contribution >= 0.6 is 11.8 Å². The SMILES string of the molecule is CCSc1ccc(OC2CCCCC2)c(-c2cn(C)c(=O)c3[nH]ccc23)c1. The van der Waals surface area contributed by atoms with Crippen molar-refractivity contribution < 1.29 is 4.74 Å². The molecule has 2 aromatic heterocycles. The first-order valence-corrected chi connectivity index (χ1v) is 10.8. The van der Waals surface area contributed by atoms with Crippen molar-refractivity contribution in [2.24, 2.45) is 7.05 Å². The molecule has 1 aliphatic rings. The molecule has 1 aromatic carbocycles. The molecule has 1 saturated carbocycles. The molecule has 4 nitrogen and oxygen atoms in total. The van der Waals surface area contributed by atoms with E-state index in [0.29, 0.717) is 5.52 Å². The zero-order chi connectivity index (χ0) is 18.8. The van der Waals surface area contributed by atoms with Crippen LogP contribution in [0.25, 0.3) is 22.0 Å². The Morgan fingerprint density at radius 2 is 2.00 bits per heavy atom. The summed E-state index contributed by atoms with van der Waals surface area (Å²) < 4.78 is 8.11. The van der Waals surface area contributed by atoms with Crippen molar-refractivity contribution in [3.05, 3.63) is 47.0 Å². The summed E-state index contributed by atoms with van der Waals surface area (Å²) in [5.74, 6) is 1.94. The first kappa shape index (κ1) is 18.2. The predicted molar refractivity (Wildman–Crippen MR) is 113 cm³/mol. The van der Waals surface area contributed by atoms with Gasteiger partial charge in [0, 0.05) is 40.8 Å². The van der Waals surface area contributed by atoms with Crippen molar-refractivity contribution in [3.63, 3.8) is 0 Å². The molecule has 5 heteroatoms. The maximum atomic E-state index is 12.4. The lowest BCUT2D eigenvalue weighted by Gasteiger charge is -2.25. The number of aryl methyl sites for hydroxylation is 1. The summed E-state index contributed by atoms with van der Waals surface area (Å²) in [4.78, 5) is 16.8. The van der Waals surface area contributed by atoms with Crippen molar-refractivity contribution in [3.8, 4) is 16.9 Å². The Kier molecular flexibility index (Phi) is 5.30. The molecule has 0 aliphatic heterocycles. The molecule has 142 valence electrons. The van der Waals surface area contributed by atoms with Gasteiger partial charge in [-0.15, -0.1) is 11.8 Å². The number of thioether (sulfide) groups is 1. The number of hydrogen-bond donors (Lipinski definition) is 1. The average Bonchev–Trinajstić information content (AvgIpc) is 3.17. The maximum absolute atomic E-state index is 12.4. The van der Waals surface area contributed by atoms with E-state index in [1.165, 1.54) is 24.2 Å². The number of nitrogens with one attached hydrogen (secondary N) is 1.